The molecule has 3 aromatic rings. The van der Waals surface area contributed by atoms with Gasteiger partial charge >= 0.3 is 0 Å². The third-order valence-corrected chi connectivity index (χ3v) is 4.59. The molecule has 0 aliphatic heterocycles. The highest BCUT2D eigenvalue weighted by atomic mass is 35.5. The van der Waals surface area contributed by atoms with E-state index in [-0.39, 0.29) is 5.78 Å². The Hall–Kier alpha value is -1.81. The quantitative estimate of drug-likeness (QED) is 0.632. The van der Waals surface area contributed by atoms with Crippen LogP contribution in [0.2, 0.25) is 10.0 Å². The van der Waals surface area contributed by atoms with Crippen LogP contribution in [-0.4, -0.2) is 5.78 Å². The second-order valence-corrected chi connectivity index (χ2v) is 6.52. The van der Waals surface area contributed by atoms with Crippen LogP contribution in [0.25, 0.3) is 11.1 Å². The predicted molar refractivity (Wildman–Crippen MR) is 94.1 cm³/mol. The zero-order valence-corrected chi connectivity index (χ0v) is 13.7. The molecule has 0 saturated heterocycles. The average molecular weight is 348 g/mol. The van der Waals surface area contributed by atoms with Gasteiger partial charge in [0.2, 0.25) is 0 Å². The van der Waals surface area contributed by atoms with Gasteiger partial charge in [0.1, 0.15) is 0 Å². The van der Waals surface area contributed by atoms with Crippen LogP contribution in [0.3, 0.4) is 0 Å². The van der Waals surface area contributed by atoms with Crippen molar-refractivity contribution in [2.75, 3.05) is 5.73 Å². The molecule has 0 fully saturated rings. The monoisotopic (exact) mass is 347 g/mol. The van der Waals surface area contributed by atoms with Crippen LogP contribution in [0.1, 0.15) is 15.9 Å². The van der Waals surface area contributed by atoms with Crippen LogP contribution in [0.4, 0.5) is 5.00 Å². The number of halogens is 2. The lowest BCUT2D eigenvalue weighted by Gasteiger charge is -2.06. The van der Waals surface area contributed by atoms with Crippen molar-refractivity contribution in [1.29, 1.82) is 0 Å². The van der Waals surface area contributed by atoms with E-state index in [0.29, 0.717) is 26.2 Å². The van der Waals surface area contributed by atoms with Crippen LogP contribution in [0.5, 0.6) is 0 Å². The Morgan fingerprint density at radius 1 is 1.00 bits per heavy atom. The fourth-order valence-electron chi connectivity index (χ4n) is 2.22. The second-order valence-electron chi connectivity index (χ2n) is 4.73. The molecule has 2 aromatic carbocycles. The highest BCUT2D eigenvalue weighted by Crippen LogP contribution is 2.36. The Morgan fingerprint density at radius 2 is 1.73 bits per heavy atom. The van der Waals surface area contributed by atoms with Gasteiger partial charge < -0.3 is 5.73 Å². The smallest absolute Gasteiger partial charge is 0.196 e. The summed E-state index contributed by atoms with van der Waals surface area (Å²) in [5.74, 6) is -0.120. The first-order valence-electron chi connectivity index (χ1n) is 6.49. The molecule has 0 radical (unpaired) electrons. The second kappa shape index (κ2) is 6.13. The first-order chi connectivity index (χ1) is 10.6. The highest BCUT2D eigenvalue weighted by molar-refractivity contribution is 7.15. The van der Waals surface area contributed by atoms with Crippen LogP contribution in [0, 0.1) is 0 Å². The minimum Gasteiger partial charge on any atom is -0.390 e. The molecule has 110 valence electrons. The number of benzene rings is 2. The van der Waals surface area contributed by atoms with Crippen molar-refractivity contribution in [3.8, 4) is 11.1 Å². The predicted octanol–water partition coefficient (Wildman–Crippen LogP) is 5.54. The van der Waals surface area contributed by atoms with Crippen molar-refractivity contribution in [1.82, 2.24) is 0 Å². The molecule has 1 heterocycles. The molecule has 0 aliphatic carbocycles. The molecule has 0 bridgehead atoms. The van der Waals surface area contributed by atoms with Crippen LogP contribution < -0.4 is 5.73 Å². The Balaban J connectivity index is 2.09. The van der Waals surface area contributed by atoms with E-state index in [1.807, 2.05) is 23.6 Å². The van der Waals surface area contributed by atoms with E-state index in [2.05, 4.69) is 0 Å². The lowest BCUT2D eigenvalue weighted by Crippen LogP contribution is -2.04. The van der Waals surface area contributed by atoms with E-state index >= 15 is 0 Å². The van der Waals surface area contributed by atoms with Gasteiger partial charge in [-0.25, -0.2) is 0 Å². The highest BCUT2D eigenvalue weighted by Gasteiger charge is 2.20. The average Bonchev–Trinajstić information content (AvgIpc) is 2.89. The summed E-state index contributed by atoms with van der Waals surface area (Å²) in [5.41, 5.74) is 8.76. The van der Waals surface area contributed by atoms with Crippen molar-refractivity contribution < 1.29 is 4.79 Å². The third-order valence-electron chi connectivity index (χ3n) is 3.29. The lowest BCUT2D eigenvalue weighted by atomic mass is 9.97. The Morgan fingerprint density at radius 3 is 2.41 bits per heavy atom. The number of carbonyl (C=O) groups excluding carboxylic acids is 1. The summed E-state index contributed by atoms with van der Waals surface area (Å²) in [4.78, 5) is 12.8. The molecule has 0 aliphatic rings. The topological polar surface area (TPSA) is 43.1 Å². The fraction of sp³-hybridized carbons (Fsp3) is 0. The molecule has 2 N–H and O–H groups in total. The van der Waals surface area contributed by atoms with Gasteiger partial charge in [-0.3, -0.25) is 4.79 Å². The Bertz CT molecular complexity index is 840. The van der Waals surface area contributed by atoms with E-state index in [0.717, 1.165) is 11.1 Å². The number of carbonyl (C=O) groups is 1. The first-order valence-corrected chi connectivity index (χ1v) is 8.13. The third kappa shape index (κ3) is 2.88. The number of nitrogen functional groups attached to an aromatic ring is 1. The van der Waals surface area contributed by atoms with Gasteiger partial charge in [0.15, 0.2) is 5.78 Å². The van der Waals surface area contributed by atoms with E-state index < -0.39 is 0 Å². The first kappa shape index (κ1) is 15.1. The number of thiophene rings is 1. The number of ketones is 1. The molecular formula is C17H11Cl2NOS. The number of anilines is 1. The van der Waals surface area contributed by atoms with Crippen molar-refractivity contribution in [3.63, 3.8) is 0 Å². The Kier molecular flexibility index (Phi) is 4.21. The van der Waals surface area contributed by atoms with Gasteiger partial charge in [-0.2, -0.15) is 0 Å². The Labute approximate surface area is 142 Å². The van der Waals surface area contributed by atoms with E-state index in [9.17, 15) is 4.79 Å². The molecule has 2 nitrogen and oxygen atoms in total. The number of nitrogens with two attached hydrogens (primary N) is 1. The van der Waals surface area contributed by atoms with Gasteiger partial charge in [0, 0.05) is 26.6 Å². The standard InChI is InChI=1S/C17H11Cl2NOS/c18-12-6-4-10(5-7-12)16(21)15-14(9-22-17(15)20)11-2-1-3-13(19)8-11/h1-9H,20H2. The van der Waals surface area contributed by atoms with Crippen molar-refractivity contribution >= 4 is 45.3 Å². The molecule has 0 atom stereocenters. The van der Waals surface area contributed by atoms with E-state index in [1.54, 1.807) is 30.3 Å². The minimum atomic E-state index is -0.120. The van der Waals surface area contributed by atoms with Gasteiger partial charge in [-0.15, -0.1) is 11.3 Å². The maximum Gasteiger partial charge on any atom is 0.196 e. The lowest BCUT2D eigenvalue weighted by molar-refractivity contribution is 0.104. The normalized spacial score (nSPS) is 10.6. The molecule has 1 aromatic heterocycles. The fourth-order valence-corrected chi connectivity index (χ4v) is 3.36. The molecule has 3 rings (SSSR count). The van der Waals surface area contributed by atoms with E-state index in [1.165, 1.54) is 11.3 Å². The van der Waals surface area contributed by atoms with Gasteiger partial charge in [-0.05, 0) is 42.0 Å². The molecule has 5 heteroatoms. The number of rotatable bonds is 3. The van der Waals surface area contributed by atoms with Crippen LogP contribution >= 0.6 is 34.5 Å². The number of hydrogen-bond donors (Lipinski definition) is 1. The minimum absolute atomic E-state index is 0.120. The summed E-state index contributed by atoms with van der Waals surface area (Å²) in [7, 11) is 0. The maximum absolute atomic E-state index is 12.8. The largest absolute Gasteiger partial charge is 0.390 e. The van der Waals surface area contributed by atoms with Crippen LogP contribution in [-0.2, 0) is 0 Å². The van der Waals surface area contributed by atoms with Gasteiger partial charge in [0.05, 0.1) is 10.6 Å². The number of hydrogen-bond acceptors (Lipinski definition) is 3. The van der Waals surface area contributed by atoms with Crippen molar-refractivity contribution in [2.24, 2.45) is 0 Å². The summed E-state index contributed by atoms with van der Waals surface area (Å²) >= 11 is 13.3. The zero-order chi connectivity index (χ0) is 15.7. The zero-order valence-electron chi connectivity index (χ0n) is 11.3. The molecule has 0 saturated carbocycles. The summed E-state index contributed by atoms with van der Waals surface area (Å²) in [6, 6.07) is 14.1. The molecule has 22 heavy (non-hydrogen) atoms. The SMILES string of the molecule is Nc1scc(-c2cccc(Cl)c2)c1C(=O)c1ccc(Cl)cc1. The summed E-state index contributed by atoms with van der Waals surface area (Å²) in [6.07, 6.45) is 0. The van der Waals surface area contributed by atoms with Crippen LogP contribution in [0.15, 0.2) is 53.9 Å². The van der Waals surface area contributed by atoms with Crippen molar-refractivity contribution in [2.45, 2.75) is 0 Å². The molecule has 0 unspecified atom stereocenters. The molecule has 0 spiro atoms. The van der Waals surface area contributed by atoms with Gasteiger partial charge in [-0.1, -0.05) is 35.3 Å². The maximum atomic E-state index is 12.8. The summed E-state index contributed by atoms with van der Waals surface area (Å²) in [5, 5.41) is 3.58. The summed E-state index contributed by atoms with van der Waals surface area (Å²) < 4.78 is 0. The summed E-state index contributed by atoms with van der Waals surface area (Å²) in [6.45, 7) is 0. The molecule has 0 amide bonds. The van der Waals surface area contributed by atoms with Crippen molar-refractivity contribution in [3.05, 3.63) is 75.1 Å². The van der Waals surface area contributed by atoms with Gasteiger partial charge in [0.25, 0.3) is 0 Å². The van der Waals surface area contributed by atoms with E-state index in [4.69, 9.17) is 28.9 Å². The molecular weight excluding hydrogens is 337 g/mol.